The number of carboxylic acid groups (broad SMARTS) is 1. The highest BCUT2D eigenvalue weighted by Gasteiger charge is 2.32. The van der Waals surface area contributed by atoms with Gasteiger partial charge in [-0.2, -0.15) is 0 Å². The maximum absolute atomic E-state index is 10.7. The van der Waals surface area contributed by atoms with E-state index < -0.39 is 5.97 Å². The molecule has 17 heavy (non-hydrogen) atoms. The van der Waals surface area contributed by atoms with Crippen LogP contribution < -0.4 is 0 Å². The second-order valence-electron chi connectivity index (χ2n) is 4.91. The molecule has 3 rings (SSSR count). The first-order valence-electron chi connectivity index (χ1n) is 6.13. The van der Waals surface area contributed by atoms with Crippen molar-refractivity contribution in [1.82, 2.24) is 19.9 Å². The molecule has 0 aromatic carbocycles. The van der Waals surface area contributed by atoms with Gasteiger partial charge in [0.15, 0.2) is 5.69 Å². The number of carbonyl (C=O) groups is 1. The first kappa shape index (κ1) is 10.7. The summed E-state index contributed by atoms with van der Waals surface area (Å²) in [6, 6.07) is 1.04. The van der Waals surface area contributed by atoms with E-state index in [1.54, 1.807) is 4.68 Å². The van der Waals surface area contributed by atoms with Gasteiger partial charge in [-0.25, -0.2) is 9.48 Å². The van der Waals surface area contributed by atoms with Crippen molar-refractivity contribution >= 4 is 5.97 Å². The Labute approximate surface area is 99.2 Å². The van der Waals surface area contributed by atoms with Crippen LogP contribution in [0.15, 0.2) is 6.20 Å². The molecule has 1 aliphatic heterocycles. The first-order valence-corrected chi connectivity index (χ1v) is 6.13. The van der Waals surface area contributed by atoms with E-state index in [1.807, 2.05) is 0 Å². The van der Waals surface area contributed by atoms with Gasteiger partial charge >= 0.3 is 5.97 Å². The van der Waals surface area contributed by atoms with Crippen molar-refractivity contribution in [3.63, 3.8) is 0 Å². The number of likely N-dealkylation sites (tertiary alicyclic amines) is 1. The van der Waals surface area contributed by atoms with E-state index in [-0.39, 0.29) is 11.7 Å². The highest BCUT2D eigenvalue weighted by molar-refractivity contribution is 5.84. The monoisotopic (exact) mass is 236 g/mol. The van der Waals surface area contributed by atoms with Crippen LogP contribution in [-0.4, -0.2) is 50.1 Å². The smallest absolute Gasteiger partial charge is 0.358 e. The van der Waals surface area contributed by atoms with Crippen LogP contribution in [0.2, 0.25) is 0 Å². The molecule has 1 aromatic heterocycles. The Balaban J connectivity index is 1.66. The molecular weight excluding hydrogens is 220 g/mol. The Morgan fingerprint density at radius 2 is 2.18 bits per heavy atom. The van der Waals surface area contributed by atoms with Gasteiger partial charge in [-0.05, 0) is 19.3 Å². The van der Waals surface area contributed by atoms with Crippen molar-refractivity contribution in [1.29, 1.82) is 0 Å². The molecule has 1 saturated carbocycles. The number of hydrogen-bond donors (Lipinski definition) is 1. The molecule has 2 heterocycles. The summed E-state index contributed by atoms with van der Waals surface area (Å²) in [5, 5.41) is 16.4. The summed E-state index contributed by atoms with van der Waals surface area (Å²) in [5.41, 5.74) is 0.0343. The van der Waals surface area contributed by atoms with Crippen LogP contribution in [0.4, 0.5) is 0 Å². The quantitative estimate of drug-likeness (QED) is 0.839. The summed E-state index contributed by atoms with van der Waals surface area (Å²) >= 11 is 0. The predicted octanol–water partition coefficient (Wildman–Crippen LogP) is 0.776. The normalized spacial score (nSPS) is 26.0. The number of rotatable bonds is 3. The molecule has 2 aliphatic rings. The number of hydrogen-bond acceptors (Lipinski definition) is 4. The van der Waals surface area contributed by atoms with Gasteiger partial charge in [-0.15, -0.1) is 5.10 Å². The molecule has 6 heteroatoms. The molecule has 2 fully saturated rings. The molecule has 1 aromatic rings. The van der Waals surface area contributed by atoms with Crippen LogP contribution in [0.25, 0.3) is 0 Å². The van der Waals surface area contributed by atoms with Crippen molar-refractivity contribution in [2.24, 2.45) is 0 Å². The molecule has 0 amide bonds. The van der Waals surface area contributed by atoms with Crippen molar-refractivity contribution in [3.05, 3.63) is 11.9 Å². The maximum atomic E-state index is 10.7. The SMILES string of the molecule is O=C(O)c1cn([C@@H]2CCN(C3CCC3)C2)nn1. The van der Waals surface area contributed by atoms with Gasteiger partial charge in [0.2, 0.25) is 0 Å². The van der Waals surface area contributed by atoms with E-state index in [0.717, 1.165) is 25.6 Å². The fourth-order valence-corrected chi connectivity index (χ4v) is 2.62. The van der Waals surface area contributed by atoms with E-state index in [4.69, 9.17) is 5.11 Å². The van der Waals surface area contributed by atoms with Crippen molar-refractivity contribution in [3.8, 4) is 0 Å². The summed E-state index contributed by atoms with van der Waals surface area (Å²) in [4.78, 5) is 13.2. The third-order valence-electron chi connectivity index (χ3n) is 3.89. The standard InChI is InChI=1S/C11H16N4O2/c16-11(17)10-7-15(13-12-10)9-4-5-14(6-9)8-2-1-3-8/h7-9H,1-6H2,(H,16,17)/t9-/m1/s1. The molecule has 0 radical (unpaired) electrons. The Hall–Kier alpha value is -1.43. The van der Waals surface area contributed by atoms with Crippen LogP contribution in [0.1, 0.15) is 42.2 Å². The number of aromatic nitrogens is 3. The van der Waals surface area contributed by atoms with Crippen molar-refractivity contribution in [2.45, 2.75) is 37.8 Å². The fourth-order valence-electron chi connectivity index (χ4n) is 2.62. The fraction of sp³-hybridized carbons (Fsp3) is 0.727. The summed E-state index contributed by atoms with van der Waals surface area (Å²) in [6.45, 7) is 2.07. The highest BCUT2D eigenvalue weighted by Crippen LogP contribution is 2.31. The lowest BCUT2D eigenvalue weighted by Gasteiger charge is -2.34. The highest BCUT2D eigenvalue weighted by atomic mass is 16.4. The molecule has 6 nitrogen and oxygen atoms in total. The maximum Gasteiger partial charge on any atom is 0.358 e. The van der Waals surface area contributed by atoms with Gasteiger partial charge in [-0.1, -0.05) is 11.6 Å². The summed E-state index contributed by atoms with van der Waals surface area (Å²) in [7, 11) is 0. The van der Waals surface area contributed by atoms with E-state index in [9.17, 15) is 4.79 Å². The Kier molecular flexibility index (Phi) is 2.58. The lowest BCUT2D eigenvalue weighted by atomic mass is 9.92. The van der Waals surface area contributed by atoms with Gasteiger partial charge in [0.25, 0.3) is 0 Å². The molecule has 92 valence electrons. The molecule has 1 N–H and O–H groups in total. The van der Waals surface area contributed by atoms with E-state index in [1.165, 1.54) is 25.5 Å². The van der Waals surface area contributed by atoms with Crippen molar-refractivity contribution < 1.29 is 9.90 Å². The van der Waals surface area contributed by atoms with Gasteiger partial charge in [0, 0.05) is 19.1 Å². The minimum absolute atomic E-state index is 0.0343. The topological polar surface area (TPSA) is 71.2 Å². The zero-order chi connectivity index (χ0) is 11.8. The number of aromatic carboxylic acids is 1. The van der Waals surface area contributed by atoms with Crippen LogP contribution in [0.3, 0.4) is 0 Å². The average molecular weight is 236 g/mol. The minimum atomic E-state index is -1.01. The lowest BCUT2D eigenvalue weighted by Crippen LogP contribution is -2.38. The zero-order valence-electron chi connectivity index (χ0n) is 9.62. The molecular formula is C11H16N4O2. The predicted molar refractivity (Wildman–Crippen MR) is 59.8 cm³/mol. The molecule has 0 spiro atoms. The van der Waals surface area contributed by atoms with Gasteiger partial charge < -0.3 is 5.11 Å². The van der Waals surface area contributed by atoms with Crippen LogP contribution in [0, 0.1) is 0 Å². The second-order valence-corrected chi connectivity index (χ2v) is 4.91. The zero-order valence-corrected chi connectivity index (χ0v) is 9.62. The Bertz CT molecular complexity index is 427. The third kappa shape index (κ3) is 1.93. The number of nitrogens with zero attached hydrogens (tertiary/aromatic N) is 4. The van der Waals surface area contributed by atoms with Crippen LogP contribution >= 0.6 is 0 Å². The molecule has 0 bridgehead atoms. The van der Waals surface area contributed by atoms with Gasteiger partial charge in [0.1, 0.15) is 0 Å². The second kappa shape index (κ2) is 4.10. The summed E-state index contributed by atoms with van der Waals surface area (Å²) in [6.07, 6.45) is 6.55. The summed E-state index contributed by atoms with van der Waals surface area (Å²) < 4.78 is 1.71. The molecule has 1 saturated heterocycles. The largest absolute Gasteiger partial charge is 0.476 e. The minimum Gasteiger partial charge on any atom is -0.476 e. The van der Waals surface area contributed by atoms with Crippen LogP contribution in [0.5, 0.6) is 0 Å². The van der Waals surface area contributed by atoms with Crippen molar-refractivity contribution in [2.75, 3.05) is 13.1 Å². The van der Waals surface area contributed by atoms with E-state index in [0.29, 0.717) is 0 Å². The Morgan fingerprint density at radius 1 is 1.35 bits per heavy atom. The lowest BCUT2D eigenvalue weighted by molar-refractivity contribution is 0.0690. The first-order chi connectivity index (χ1) is 8.24. The van der Waals surface area contributed by atoms with Gasteiger partial charge in [0.05, 0.1) is 12.2 Å². The molecule has 1 aliphatic carbocycles. The third-order valence-corrected chi connectivity index (χ3v) is 3.89. The van der Waals surface area contributed by atoms with E-state index >= 15 is 0 Å². The van der Waals surface area contributed by atoms with Gasteiger partial charge in [-0.3, -0.25) is 4.90 Å². The summed E-state index contributed by atoms with van der Waals surface area (Å²) in [5.74, 6) is -1.01. The average Bonchev–Trinajstić information content (AvgIpc) is 2.80. The van der Waals surface area contributed by atoms with E-state index in [2.05, 4.69) is 15.2 Å². The molecule has 0 unspecified atom stereocenters. The molecule has 1 atom stereocenters. The number of carboxylic acids is 1. The Morgan fingerprint density at radius 3 is 2.76 bits per heavy atom. The van der Waals surface area contributed by atoms with Crippen LogP contribution in [-0.2, 0) is 0 Å².